The van der Waals surface area contributed by atoms with Crippen LogP contribution in [0.25, 0.3) is 0 Å². The second-order valence-corrected chi connectivity index (χ2v) is 6.58. The van der Waals surface area contributed by atoms with Crippen molar-refractivity contribution in [3.8, 4) is 0 Å². The van der Waals surface area contributed by atoms with Crippen molar-refractivity contribution < 1.29 is 22.2 Å². The normalized spacial score (nSPS) is 12.4. The van der Waals surface area contributed by atoms with E-state index in [0.717, 1.165) is 13.0 Å². The zero-order chi connectivity index (χ0) is 14.2. The second-order valence-electron chi connectivity index (χ2n) is 5.06. The van der Waals surface area contributed by atoms with Crippen LogP contribution in [0.5, 0.6) is 0 Å². The highest BCUT2D eigenvalue weighted by molar-refractivity contribution is 7.85. The monoisotopic (exact) mass is 280 g/mol. The summed E-state index contributed by atoms with van der Waals surface area (Å²) in [6, 6.07) is 0. The standard InChI is InChI=1S/C11H24N2O4S/c1-4-11(14)12-7-5-8-13(2,3)9-6-10-18(15,16)17/h4-10H2,1-3H3,(H-,12,14,15,16,17). The topological polar surface area (TPSA) is 86.3 Å². The lowest BCUT2D eigenvalue weighted by atomic mass is 10.3. The number of nitrogens with one attached hydrogen (secondary N) is 1. The Morgan fingerprint density at radius 1 is 1.22 bits per heavy atom. The van der Waals surface area contributed by atoms with Crippen LogP contribution < -0.4 is 5.32 Å². The molecule has 0 aliphatic heterocycles. The third-order valence-electron chi connectivity index (χ3n) is 2.74. The number of carbonyl (C=O) groups is 1. The van der Waals surface area contributed by atoms with E-state index < -0.39 is 10.1 Å². The molecule has 0 aromatic carbocycles. The summed E-state index contributed by atoms with van der Waals surface area (Å²) in [6.45, 7) is 3.92. The van der Waals surface area contributed by atoms with Crippen LogP contribution in [0.4, 0.5) is 0 Å². The van der Waals surface area contributed by atoms with Crippen LogP contribution in [-0.4, -0.2) is 62.8 Å². The number of hydrogen-bond acceptors (Lipinski definition) is 4. The van der Waals surface area contributed by atoms with Crippen molar-refractivity contribution >= 4 is 16.0 Å². The van der Waals surface area contributed by atoms with Crippen LogP contribution in [0.15, 0.2) is 0 Å². The van der Waals surface area contributed by atoms with Crippen LogP contribution in [-0.2, 0) is 14.9 Å². The lowest BCUT2D eigenvalue weighted by Gasteiger charge is -2.30. The van der Waals surface area contributed by atoms with Crippen molar-refractivity contribution in [1.82, 2.24) is 5.32 Å². The number of quaternary nitrogens is 1. The van der Waals surface area contributed by atoms with E-state index in [2.05, 4.69) is 5.32 Å². The summed E-state index contributed by atoms with van der Waals surface area (Å²) in [7, 11) is -0.133. The fourth-order valence-corrected chi connectivity index (χ4v) is 2.12. The minimum atomic E-state index is -4.10. The van der Waals surface area contributed by atoms with Crippen LogP contribution in [0.1, 0.15) is 26.2 Å². The van der Waals surface area contributed by atoms with Crippen molar-refractivity contribution in [3.05, 3.63) is 0 Å². The maximum atomic E-state index is 11.0. The Balaban J connectivity index is 3.76. The molecule has 0 unspecified atom stereocenters. The summed E-state index contributed by atoms with van der Waals surface area (Å²) < 4.78 is 32.1. The first-order valence-corrected chi connectivity index (χ1v) is 7.76. The smallest absolute Gasteiger partial charge is 0.219 e. The third kappa shape index (κ3) is 10.5. The fourth-order valence-electron chi connectivity index (χ4n) is 1.64. The zero-order valence-corrected chi connectivity index (χ0v) is 12.3. The molecule has 0 aromatic heterocycles. The van der Waals surface area contributed by atoms with Gasteiger partial charge in [-0.1, -0.05) is 6.92 Å². The van der Waals surface area contributed by atoms with Gasteiger partial charge < -0.3 is 14.4 Å². The van der Waals surface area contributed by atoms with Crippen LogP contribution in [0, 0.1) is 0 Å². The van der Waals surface area contributed by atoms with Gasteiger partial charge in [-0.2, -0.15) is 0 Å². The minimum absolute atomic E-state index is 0.0396. The molecule has 0 aromatic rings. The first-order chi connectivity index (χ1) is 8.16. The predicted octanol–water partition coefficient (Wildman–Crippen LogP) is -0.0856. The van der Waals surface area contributed by atoms with Gasteiger partial charge in [-0.25, -0.2) is 8.42 Å². The molecule has 0 saturated heterocycles. The molecule has 0 atom stereocenters. The Bertz CT molecular complexity index is 352. The zero-order valence-electron chi connectivity index (χ0n) is 11.4. The maximum absolute atomic E-state index is 11.0. The number of carbonyl (C=O) groups excluding carboxylic acids is 1. The highest BCUT2D eigenvalue weighted by Gasteiger charge is 2.14. The summed E-state index contributed by atoms with van der Waals surface area (Å²) in [5.41, 5.74) is 0. The molecule has 0 fully saturated rings. The van der Waals surface area contributed by atoms with Crippen molar-refractivity contribution in [2.24, 2.45) is 0 Å². The van der Waals surface area contributed by atoms with Gasteiger partial charge in [-0.05, 0) is 0 Å². The van der Waals surface area contributed by atoms with E-state index in [1.807, 2.05) is 14.1 Å². The van der Waals surface area contributed by atoms with E-state index in [0.29, 0.717) is 30.4 Å². The lowest BCUT2D eigenvalue weighted by Crippen LogP contribution is -2.43. The Morgan fingerprint density at radius 3 is 2.28 bits per heavy atom. The van der Waals surface area contributed by atoms with Gasteiger partial charge in [-0.15, -0.1) is 0 Å². The van der Waals surface area contributed by atoms with Gasteiger partial charge in [0.15, 0.2) is 0 Å². The van der Waals surface area contributed by atoms with Gasteiger partial charge >= 0.3 is 0 Å². The number of rotatable bonds is 9. The van der Waals surface area contributed by atoms with E-state index in [1.165, 1.54) is 0 Å². The Kier molecular flexibility index (Phi) is 7.42. The molecule has 108 valence electrons. The number of hydrogen-bond donors (Lipinski definition) is 1. The van der Waals surface area contributed by atoms with Crippen LogP contribution >= 0.6 is 0 Å². The van der Waals surface area contributed by atoms with E-state index in [1.54, 1.807) is 6.92 Å². The third-order valence-corrected chi connectivity index (χ3v) is 3.53. The molecule has 0 aliphatic rings. The largest absolute Gasteiger partial charge is 0.748 e. The minimum Gasteiger partial charge on any atom is -0.748 e. The summed E-state index contributed by atoms with van der Waals surface area (Å²) in [4.78, 5) is 11.0. The highest BCUT2D eigenvalue weighted by Crippen LogP contribution is 2.02. The number of nitrogens with zero attached hydrogens (tertiary/aromatic N) is 1. The van der Waals surface area contributed by atoms with Gasteiger partial charge in [0.25, 0.3) is 0 Å². The van der Waals surface area contributed by atoms with E-state index in [9.17, 15) is 17.8 Å². The average Bonchev–Trinajstić information content (AvgIpc) is 2.21. The molecule has 0 bridgehead atoms. The van der Waals surface area contributed by atoms with Gasteiger partial charge in [0, 0.05) is 31.6 Å². The van der Waals surface area contributed by atoms with Crippen molar-refractivity contribution in [1.29, 1.82) is 0 Å². The van der Waals surface area contributed by atoms with Gasteiger partial charge in [0.1, 0.15) is 0 Å². The predicted molar refractivity (Wildman–Crippen MR) is 68.9 cm³/mol. The average molecular weight is 280 g/mol. The molecule has 1 N–H and O–H groups in total. The maximum Gasteiger partial charge on any atom is 0.219 e. The van der Waals surface area contributed by atoms with Crippen LogP contribution in [0.3, 0.4) is 0 Å². The summed E-state index contributed by atoms with van der Waals surface area (Å²) in [6.07, 6.45) is 1.70. The van der Waals surface area contributed by atoms with Gasteiger partial charge in [-0.3, -0.25) is 4.79 Å². The van der Waals surface area contributed by atoms with Crippen molar-refractivity contribution in [2.45, 2.75) is 26.2 Å². The molecule has 0 heterocycles. The fraction of sp³-hybridized carbons (Fsp3) is 0.909. The van der Waals surface area contributed by atoms with Crippen LogP contribution in [0.2, 0.25) is 0 Å². The summed E-state index contributed by atoms with van der Waals surface area (Å²) in [5, 5.41) is 2.79. The molecule has 0 spiro atoms. The first kappa shape index (κ1) is 17.3. The second kappa shape index (κ2) is 7.70. The molecule has 1 amide bonds. The van der Waals surface area contributed by atoms with Crippen molar-refractivity contribution in [2.75, 3.05) is 39.5 Å². The molecule has 0 rings (SSSR count). The first-order valence-electron chi connectivity index (χ1n) is 6.18. The molecular weight excluding hydrogens is 256 g/mol. The quantitative estimate of drug-likeness (QED) is 0.363. The summed E-state index contributed by atoms with van der Waals surface area (Å²) in [5.74, 6) is -0.265. The molecule has 7 heteroatoms. The lowest BCUT2D eigenvalue weighted by molar-refractivity contribution is -0.890. The molecule has 0 saturated carbocycles. The highest BCUT2D eigenvalue weighted by atomic mass is 32.2. The molecule has 6 nitrogen and oxygen atoms in total. The van der Waals surface area contributed by atoms with Gasteiger partial charge in [0.2, 0.25) is 5.91 Å². The molecule has 18 heavy (non-hydrogen) atoms. The van der Waals surface area contributed by atoms with E-state index in [4.69, 9.17) is 0 Å². The number of amides is 1. The van der Waals surface area contributed by atoms with E-state index in [-0.39, 0.29) is 11.7 Å². The Hall–Kier alpha value is -0.660. The van der Waals surface area contributed by atoms with E-state index >= 15 is 0 Å². The van der Waals surface area contributed by atoms with Crippen molar-refractivity contribution in [3.63, 3.8) is 0 Å². The molecule has 0 radical (unpaired) electrons. The van der Waals surface area contributed by atoms with Gasteiger partial charge in [0.05, 0.1) is 37.3 Å². The molecular formula is C11H24N2O4S. The summed E-state index contributed by atoms with van der Waals surface area (Å²) >= 11 is 0. The Morgan fingerprint density at radius 2 is 1.78 bits per heavy atom. The Labute approximate surface area is 110 Å². The molecule has 0 aliphatic carbocycles. The SMILES string of the molecule is CCC(=O)NCCC[N+](C)(C)CCCS(=O)(=O)[O-].